The van der Waals surface area contributed by atoms with Crippen LogP contribution in [0.1, 0.15) is 12.8 Å². The van der Waals surface area contributed by atoms with E-state index in [0.717, 1.165) is 7.11 Å². The predicted molar refractivity (Wildman–Crippen MR) is 118 cm³/mol. The minimum absolute atomic E-state index is 0.239. The maximum absolute atomic E-state index is 12.0. The van der Waals surface area contributed by atoms with E-state index in [0.29, 0.717) is 11.8 Å². The molecular formula is C16H23N5O16S. The molecule has 0 aliphatic heterocycles. The summed E-state index contributed by atoms with van der Waals surface area (Å²) in [7, 11) is 1.00. The van der Waals surface area contributed by atoms with Crippen LogP contribution in [0, 0.1) is 30.3 Å². The number of nitrogens with zero attached hydrogens (tertiary/aromatic N) is 3. The molecule has 0 aromatic heterocycles. The van der Waals surface area contributed by atoms with Crippen LogP contribution < -0.4 is 11.1 Å². The van der Waals surface area contributed by atoms with Gasteiger partial charge in [-0.25, -0.2) is 9.59 Å². The second-order valence-corrected chi connectivity index (χ2v) is 8.15. The van der Waals surface area contributed by atoms with Gasteiger partial charge < -0.3 is 35.3 Å². The lowest BCUT2D eigenvalue weighted by atomic mass is 10.1. The molecule has 1 amide bonds. The lowest BCUT2D eigenvalue weighted by molar-refractivity contribution is -0.788. The van der Waals surface area contributed by atoms with Crippen molar-refractivity contribution in [1.29, 1.82) is 0 Å². The average Bonchev–Trinajstić information content (AvgIpc) is 2.84. The molecule has 0 aromatic rings. The number of thioether (sulfide) groups is 1. The van der Waals surface area contributed by atoms with Gasteiger partial charge >= 0.3 is 23.4 Å². The number of carboxylic acid groups (broad SMARTS) is 1. The summed E-state index contributed by atoms with van der Waals surface area (Å²) in [6.07, 6.45) is -0.590. The number of amides is 1. The number of nitrogens with two attached hydrogens (primary N) is 1. The van der Waals surface area contributed by atoms with Crippen molar-refractivity contribution in [1.82, 2.24) is 5.32 Å². The quantitative estimate of drug-likeness (QED) is 0.0569. The van der Waals surface area contributed by atoms with Crippen LogP contribution in [-0.4, -0.2) is 106 Å². The summed E-state index contributed by atoms with van der Waals surface area (Å²) in [4.78, 5) is 97.1. The van der Waals surface area contributed by atoms with Crippen molar-refractivity contribution in [3.8, 4) is 0 Å². The number of hydrogen-bond acceptors (Lipinski definition) is 17. The molecule has 38 heavy (non-hydrogen) atoms. The van der Waals surface area contributed by atoms with Crippen molar-refractivity contribution in [2.45, 2.75) is 30.5 Å². The number of methoxy groups -OCH3 is 1. The standard InChI is InChI=1S/C16H23N5O16S/c1-34-14(26)10(18-12(23)3-2-9(17)13(24)25)4-38-5-11(22)15(27)35-6-16(19(28)29,7-36-20(30)31)8-37-21(32)33/h9-10H,2-8,17H2,1H3,(H,18,23)(H,24,25)/t9-,10-/m0/s1. The number of ketones is 1. The summed E-state index contributed by atoms with van der Waals surface area (Å²) in [5.41, 5.74) is 2.47. The highest BCUT2D eigenvalue weighted by Crippen LogP contribution is 2.14. The van der Waals surface area contributed by atoms with Gasteiger partial charge in [-0.05, 0) is 6.42 Å². The molecule has 214 valence electrons. The van der Waals surface area contributed by atoms with Crippen molar-refractivity contribution in [3.05, 3.63) is 30.3 Å². The maximum Gasteiger partial charge on any atom is 0.375 e. The van der Waals surface area contributed by atoms with E-state index in [1.54, 1.807) is 0 Å². The number of hydrogen-bond donors (Lipinski definition) is 3. The van der Waals surface area contributed by atoms with Gasteiger partial charge in [0.2, 0.25) is 11.7 Å². The number of esters is 2. The second kappa shape index (κ2) is 16.4. The molecule has 2 atom stereocenters. The number of aliphatic carboxylic acids is 1. The number of carbonyl (C=O) groups is 5. The van der Waals surface area contributed by atoms with Crippen LogP contribution in [0.15, 0.2) is 0 Å². The first-order valence-corrected chi connectivity index (χ1v) is 11.1. The van der Waals surface area contributed by atoms with E-state index in [-0.39, 0.29) is 18.6 Å². The van der Waals surface area contributed by atoms with E-state index in [1.165, 1.54) is 0 Å². The molecule has 0 aliphatic carbocycles. The molecule has 0 saturated carbocycles. The van der Waals surface area contributed by atoms with Gasteiger partial charge in [-0.3, -0.25) is 24.5 Å². The normalized spacial score (nSPS) is 12.3. The third-order valence-electron chi connectivity index (χ3n) is 4.30. The van der Waals surface area contributed by atoms with E-state index in [9.17, 15) is 54.3 Å². The zero-order valence-electron chi connectivity index (χ0n) is 19.5. The number of nitro groups is 1. The summed E-state index contributed by atoms with van der Waals surface area (Å²) in [5, 5.41) is 40.2. The Balaban J connectivity index is 5.03. The minimum atomic E-state index is -2.81. The molecule has 22 heteroatoms. The summed E-state index contributed by atoms with van der Waals surface area (Å²) >= 11 is 0.634. The third-order valence-corrected chi connectivity index (χ3v) is 5.34. The molecule has 0 aliphatic rings. The van der Waals surface area contributed by atoms with Crippen LogP contribution in [0.2, 0.25) is 0 Å². The summed E-state index contributed by atoms with van der Waals surface area (Å²) in [6.45, 7) is -4.22. The average molecular weight is 573 g/mol. The molecule has 0 spiro atoms. The molecule has 0 fully saturated rings. The molecule has 0 unspecified atom stereocenters. The monoisotopic (exact) mass is 573 g/mol. The Hall–Kier alpha value is -4.34. The second-order valence-electron chi connectivity index (χ2n) is 7.12. The van der Waals surface area contributed by atoms with Crippen molar-refractivity contribution >= 4 is 41.4 Å². The molecule has 0 saturated heterocycles. The fourth-order valence-electron chi connectivity index (χ4n) is 2.23. The first-order valence-electron chi connectivity index (χ1n) is 9.97. The third kappa shape index (κ3) is 12.6. The Bertz CT molecular complexity index is 912. The highest BCUT2D eigenvalue weighted by molar-refractivity contribution is 8.00. The number of nitrogens with one attached hydrogen (secondary N) is 1. The number of ether oxygens (including phenoxy) is 2. The highest BCUT2D eigenvalue weighted by Gasteiger charge is 2.48. The van der Waals surface area contributed by atoms with Crippen LogP contribution in [0.25, 0.3) is 0 Å². The van der Waals surface area contributed by atoms with Gasteiger partial charge in [0, 0.05) is 17.1 Å². The van der Waals surface area contributed by atoms with Crippen LogP contribution >= 0.6 is 11.8 Å². The number of carboxylic acids is 1. The van der Waals surface area contributed by atoms with Gasteiger partial charge in [-0.2, -0.15) is 11.8 Å². The van der Waals surface area contributed by atoms with Crippen LogP contribution in [0.4, 0.5) is 0 Å². The van der Waals surface area contributed by atoms with E-state index in [1.807, 2.05) is 0 Å². The molecule has 0 heterocycles. The van der Waals surface area contributed by atoms with Crippen LogP contribution in [0.5, 0.6) is 0 Å². The van der Waals surface area contributed by atoms with Crippen molar-refractivity contribution in [2.24, 2.45) is 5.73 Å². The maximum atomic E-state index is 12.0. The Morgan fingerprint density at radius 3 is 2.03 bits per heavy atom. The Morgan fingerprint density at radius 2 is 1.58 bits per heavy atom. The van der Waals surface area contributed by atoms with E-state index in [2.05, 4.69) is 24.5 Å². The number of rotatable bonds is 20. The first-order chi connectivity index (χ1) is 17.6. The fourth-order valence-corrected chi connectivity index (χ4v) is 3.10. The first kappa shape index (κ1) is 33.7. The van der Waals surface area contributed by atoms with Crippen LogP contribution in [-0.2, 0) is 43.1 Å². The predicted octanol–water partition coefficient (Wildman–Crippen LogP) is -2.89. The highest BCUT2D eigenvalue weighted by atomic mass is 32.2. The molecule has 4 N–H and O–H groups in total. The molecule has 0 rings (SSSR count). The molecule has 0 aromatic carbocycles. The lowest BCUT2D eigenvalue weighted by Crippen LogP contribution is -2.53. The van der Waals surface area contributed by atoms with Gasteiger partial charge in [-0.1, -0.05) is 0 Å². The Kier molecular flexibility index (Phi) is 14.5. The van der Waals surface area contributed by atoms with E-state index >= 15 is 0 Å². The van der Waals surface area contributed by atoms with Gasteiger partial charge in [0.25, 0.3) is 10.2 Å². The summed E-state index contributed by atoms with van der Waals surface area (Å²) < 4.78 is 9.00. The summed E-state index contributed by atoms with van der Waals surface area (Å²) in [6, 6.07) is -2.63. The number of Topliss-reactive ketones (excluding diaryl/α,β-unsaturated/α-hetero) is 1. The SMILES string of the molecule is COC(=O)[C@H](CSCC(=O)C(=O)OCC(CO[N+](=O)[O-])(CO[N+](=O)[O-])[N+](=O)[O-])NC(=O)CC[C@H](N)C(=O)O. The van der Waals surface area contributed by atoms with Gasteiger partial charge in [0.05, 0.1) is 12.9 Å². The van der Waals surface area contributed by atoms with Gasteiger partial charge in [0.15, 0.2) is 19.8 Å². The van der Waals surface area contributed by atoms with Crippen LogP contribution in [0.3, 0.4) is 0 Å². The Morgan fingerprint density at radius 1 is 1.03 bits per heavy atom. The topological polar surface area (TPSA) is 310 Å². The fraction of sp³-hybridized carbons (Fsp3) is 0.688. The lowest BCUT2D eigenvalue weighted by Gasteiger charge is -2.22. The summed E-state index contributed by atoms with van der Waals surface area (Å²) in [5.74, 6) is -6.96. The Labute approximate surface area is 215 Å². The van der Waals surface area contributed by atoms with Crippen molar-refractivity contribution in [3.63, 3.8) is 0 Å². The van der Waals surface area contributed by atoms with Gasteiger partial charge in [-0.15, -0.1) is 20.2 Å². The van der Waals surface area contributed by atoms with E-state index in [4.69, 9.17) is 10.8 Å². The molecule has 0 bridgehead atoms. The molecule has 0 radical (unpaired) electrons. The van der Waals surface area contributed by atoms with Crippen molar-refractivity contribution in [2.75, 3.05) is 38.4 Å². The molecular weight excluding hydrogens is 550 g/mol. The zero-order chi connectivity index (χ0) is 29.5. The smallest absolute Gasteiger partial charge is 0.375 e. The van der Waals surface area contributed by atoms with Gasteiger partial charge in [0.1, 0.15) is 12.1 Å². The van der Waals surface area contributed by atoms with E-state index < -0.39 is 87.9 Å². The zero-order valence-corrected chi connectivity index (χ0v) is 20.3. The number of carbonyl (C=O) groups excluding carboxylic acids is 4. The molecule has 21 nitrogen and oxygen atoms in total. The minimum Gasteiger partial charge on any atom is -0.480 e. The van der Waals surface area contributed by atoms with Crippen molar-refractivity contribution < 1.29 is 63.3 Å². The largest absolute Gasteiger partial charge is 0.480 e.